The molecule has 0 aromatic rings. The molecule has 0 bridgehead atoms. The Bertz CT molecular complexity index is 203. The molecule has 0 fully saturated rings. The van der Waals surface area contributed by atoms with Crippen molar-refractivity contribution in [2.24, 2.45) is 0 Å². The molecule has 0 saturated carbocycles. The molecule has 0 nitrogen and oxygen atoms in total. The first-order chi connectivity index (χ1) is 5.42. The van der Waals surface area contributed by atoms with E-state index in [-0.39, 0.29) is 0 Å². The zero-order valence-corrected chi connectivity index (χ0v) is 9.99. The van der Waals surface area contributed by atoms with Crippen LogP contribution in [0.25, 0.3) is 0 Å². The first-order valence-electron chi connectivity index (χ1n) is 4.55. The third kappa shape index (κ3) is 9.52. The van der Waals surface area contributed by atoms with Gasteiger partial charge in [-0.05, 0) is 20.3 Å². The Labute approximate surface area is 78.1 Å². The summed E-state index contributed by atoms with van der Waals surface area (Å²) in [6.45, 7) is 11.1. The van der Waals surface area contributed by atoms with Crippen LogP contribution in [0, 0.1) is 11.5 Å². The molecular formula is C11H20Si. The van der Waals surface area contributed by atoms with Gasteiger partial charge in [-0.1, -0.05) is 31.3 Å². The van der Waals surface area contributed by atoms with Crippen LogP contribution in [-0.2, 0) is 0 Å². The maximum Gasteiger partial charge on any atom is 0.129 e. The Morgan fingerprint density at radius 1 is 1.25 bits per heavy atom. The smallest absolute Gasteiger partial charge is 0.129 e. The highest BCUT2D eigenvalue weighted by Gasteiger charge is 2.06. The maximum atomic E-state index is 3.36. The number of rotatable bonds is 2. The van der Waals surface area contributed by atoms with Crippen LogP contribution < -0.4 is 0 Å². The number of hydrogen-bond acceptors (Lipinski definition) is 0. The van der Waals surface area contributed by atoms with Crippen molar-refractivity contribution in [2.45, 2.75) is 46.3 Å². The number of unbranched alkanes of at least 4 members (excludes halogenated alkanes) is 1. The third-order valence-electron chi connectivity index (χ3n) is 1.29. The quantitative estimate of drug-likeness (QED) is 0.263. The Kier molecular flexibility index (Phi) is 5.00. The lowest BCUT2D eigenvalue weighted by Crippen LogP contribution is -2.16. The standard InChI is InChI=1S/C11H20Si/c1-11(2)9-7-6-8-10-12(3,4)5/h9H,6-7H2,1-5H3. The van der Waals surface area contributed by atoms with Crippen molar-refractivity contribution in [2.75, 3.05) is 0 Å². The van der Waals surface area contributed by atoms with Gasteiger partial charge in [0.15, 0.2) is 0 Å². The average Bonchev–Trinajstić information content (AvgIpc) is 1.83. The largest absolute Gasteiger partial charge is 0.132 e. The van der Waals surface area contributed by atoms with Crippen molar-refractivity contribution in [1.29, 1.82) is 0 Å². The van der Waals surface area contributed by atoms with Crippen molar-refractivity contribution < 1.29 is 0 Å². The molecule has 0 aromatic heterocycles. The van der Waals surface area contributed by atoms with Crippen LogP contribution in [-0.4, -0.2) is 8.07 Å². The molecule has 0 aliphatic carbocycles. The minimum absolute atomic E-state index is 1.02. The normalized spacial score (nSPS) is 10.1. The minimum Gasteiger partial charge on any atom is -0.132 e. The molecule has 0 spiro atoms. The molecule has 0 heterocycles. The predicted molar refractivity (Wildman–Crippen MR) is 59.8 cm³/mol. The van der Waals surface area contributed by atoms with Gasteiger partial charge in [-0.2, -0.15) is 0 Å². The van der Waals surface area contributed by atoms with Crippen LogP contribution >= 0.6 is 0 Å². The predicted octanol–water partition coefficient (Wildman–Crippen LogP) is 3.61. The molecule has 0 radical (unpaired) electrons. The summed E-state index contributed by atoms with van der Waals surface area (Å²) in [6, 6.07) is 0. The van der Waals surface area contributed by atoms with Crippen molar-refractivity contribution >= 4 is 8.07 Å². The van der Waals surface area contributed by atoms with Crippen molar-refractivity contribution in [3.05, 3.63) is 11.6 Å². The summed E-state index contributed by atoms with van der Waals surface area (Å²) in [5.41, 5.74) is 4.75. The van der Waals surface area contributed by atoms with Gasteiger partial charge in [0.1, 0.15) is 8.07 Å². The van der Waals surface area contributed by atoms with E-state index in [2.05, 4.69) is 51.0 Å². The molecular weight excluding hydrogens is 160 g/mol. The van der Waals surface area contributed by atoms with Crippen LogP contribution in [0.15, 0.2) is 11.6 Å². The van der Waals surface area contributed by atoms with Gasteiger partial charge in [-0.3, -0.25) is 0 Å². The summed E-state index contributed by atoms with van der Waals surface area (Å²) < 4.78 is 0. The molecule has 0 amide bonds. The van der Waals surface area contributed by atoms with Crippen LogP contribution in [0.2, 0.25) is 19.6 Å². The van der Waals surface area contributed by atoms with Gasteiger partial charge in [-0.25, -0.2) is 0 Å². The Morgan fingerprint density at radius 2 is 1.83 bits per heavy atom. The van der Waals surface area contributed by atoms with Crippen LogP contribution in [0.1, 0.15) is 26.7 Å². The lowest BCUT2D eigenvalue weighted by molar-refractivity contribution is 1.06. The second kappa shape index (κ2) is 5.21. The number of allylic oxidation sites excluding steroid dienone is 2. The summed E-state index contributed by atoms with van der Waals surface area (Å²) in [6.07, 6.45) is 4.38. The van der Waals surface area contributed by atoms with E-state index < -0.39 is 8.07 Å². The molecule has 0 aromatic carbocycles. The van der Waals surface area contributed by atoms with Crippen molar-refractivity contribution in [3.8, 4) is 11.5 Å². The van der Waals surface area contributed by atoms with E-state index in [1.165, 1.54) is 5.57 Å². The van der Waals surface area contributed by atoms with E-state index in [1.54, 1.807) is 0 Å². The fourth-order valence-electron chi connectivity index (χ4n) is 0.761. The first kappa shape index (κ1) is 11.5. The van der Waals surface area contributed by atoms with Gasteiger partial charge in [0, 0.05) is 6.42 Å². The second-order valence-electron chi connectivity index (χ2n) is 4.37. The highest BCUT2D eigenvalue weighted by Crippen LogP contribution is 1.99. The number of hydrogen-bond donors (Lipinski definition) is 0. The van der Waals surface area contributed by atoms with E-state index in [0.29, 0.717) is 0 Å². The molecule has 0 saturated heterocycles. The Morgan fingerprint density at radius 3 is 2.25 bits per heavy atom. The molecule has 0 N–H and O–H groups in total. The van der Waals surface area contributed by atoms with E-state index in [4.69, 9.17) is 0 Å². The Balaban J connectivity index is 3.68. The third-order valence-corrected chi connectivity index (χ3v) is 2.21. The van der Waals surface area contributed by atoms with E-state index >= 15 is 0 Å². The summed E-state index contributed by atoms with van der Waals surface area (Å²) in [5.74, 6) is 3.25. The zero-order valence-electron chi connectivity index (χ0n) is 8.99. The highest BCUT2D eigenvalue weighted by molar-refractivity contribution is 6.83. The average molecular weight is 180 g/mol. The van der Waals surface area contributed by atoms with Crippen molar-refractivity contribution in [3.63, 3.8) is 0 Å². The van der Waals surface area contributed by atoms with Crippen molar-refractivity contribution in [1.82, 2.24) is 0 Å². The van der Waals surface area contributed by atoms with E-state index in [9.17, 15) is 0 Å². The summed E-state index contributed by atoms with van der Waals surface area (Å²) in [7, 11) is -1.12. The van der Waals surface area contributed by atoms with E-state index in [1.807, 2.05) is 0 Å². The van der Waals surface area contributed by atoms with Gasteiger partial charge in [0.2, 0.25) is 0 Å². The molecule has 1 heteroatoms. The summed E-state index contributed by atoms with van der Waals surface area (Å²) >= 11 is 0. The molecule has 0 aliphatic heterocycles. The zero-order chi connectivity index (χ0) is 9.61. The highest BCUT2D eigenvalue weighted by atomic mass is 28.3. The molecule has 0 rings (SSSR count). The van der Waals surface area contributed by atoms with Gasteiger partial charge < -0.3 is 0 Å². The fourth-order valence-corrected chi connectivity index (χ4v) is 1.42. The maximum absolute atomic E-state index is 3.36. The topological polar surface area (TPSA) is 0 Å². The molecule has 0 atom stereocenters. The Hall–Kier alpha value is -0.483. The van der Waals surface area contributed by atoms with Crippen LogP contribution in [0.5, 0.6) is 0 Å². The van der Waals surface area contributed by atoms with Gasteiger partial charge in [0.25, 0.3) is 0 Å². The molecule has 12 heavy (non-hydrogen) atoms. The molecule has 0 unspecified atom stereocenters. The summed E-state index contributed by atoms with van der Waals surface area (Å²) in [5, 5.41) is 0. The van der Waals surface area contributed by atoms with Gasteiger partial charge >= 0.3 is 0 Å². The minimum atomic E-state index is -1.12. The molecule has 68 valence electrons. The van der Waals surface area contributed by atoms with Crippen LogP contribution in [0.4, 0.5) is 0 Å². The summed E-state index contributed by atoms with van der Waals surface area (Å²) in [4.78, 5) is 0. The second-order valence-corrected chi connectivity index (χ2v) is 9.12. The first-order valence-corrected chi connectivity index (χ1v) is 8.05. The molecule has 0 aliphatic rings. The van der Waals surface area contributed by atoms with Gasteiger partial charge in [-0.15, -0.1) is 11.5 Å². The monoisotopic (exact) mass is 180 g/mol. The SMILES string of the molecule is CC(C)=CCCC#C[Si](C)(C)C. The lowest BCUT2D eigenvalue weighted by Gasteiger charge is -2.02. The van der Waals surface area contributed by atoms with Gasteiger partial charge in [0.05, 0.1) is 0 Å². The van der Waals surface area contributed by atoms with E-state index in [0.717, 1.165) is 12.8 Å². The van der Waals surface area contributed by atoms with Crippen LogP contribution in [0.3, 0.4) is 0 Å². The lowest BCUT2D eigenvalue weighted by atomic mass is 10.2. The fraction of sp³-hybridized carbons (Fsp3) is 0.636.